The van der Waals surface area contributed by atoms with E-state index in [0.717, 1.165) is 5.39 Å². The number of aromatic carboxylic acids is 1. The molecule has 7 nitrogen and oxygen atoms in total. The number of phenols is 3. The number of hydrogen-bond donors (Lipinski definition) is 4. The van der Waals surface area contributed by atoms with Gasteiger partial charge in [-0.1, -0.05) is 24.3 Å². The van der Waals surface area contributed by atoms with Gasteiger partial charge in [-0.3, -0.25) is 4.79 Å². The number of rotatable bonds is 2. The lowest BCUT2D eigenvalue weighted by atomic mass is 9.91. The van der Waals surface area contributed by atoms with Gasteiger partial charge < -0.3 is 24.8 Å². The van der Waals surface area contributed by atoms with E-state index in [1.807, 2.05) is 0 Å². The van der Waals surface area contributed by atoms with Crippen LogP contribution in [0.25, 0.3) is 44.2 Å². The van der Waals surface area contributed by atoms with Crippen molar-refractivity contribution in [2.75, 3.05) is 0 Å². The lowest BCUT2D eigenvalue weighted by Gasteiger charge is -2.17. The summed E-state index contributed by atoms with van der Waals surface area (Å²) in [5.41, 5.74) is 0.822. The molecule has 0 saturated carbocycles. The van der Waals surface area contributed by atoms with E-state index >= 15 is 0 Å². The van der Waals surface area contributed by atoms with Crippen molar-refractivity contribution in [1.82, 2.24) is 0 Å². The molecule has 0 spiro atoms. The monoisotopic (exact) mass is 414 g/mol. The van der Waals surface area contributed by atoms with Crippen molar-refractivity contribution in [3.8, 4) is 39.7 Å². The number of phenolic OH excluding ortho intramolecular Hbond substituents is 3. The van der Waals surface area contributed by atoms with Gasteiger partial charge >= 0.3 is 5.97 Å². The van der Waals surface area contributed by atoms with Crippen molar-refractivity contribution in [3.63, 3.8) is 0 Å². The second kappa shape index (κ2) is 6.50. The minimum Gasteiger partial charge on any atom is -0.504 e. The molecule has 0 radical (unpaired) electrons. The summed E-state index contributed by atoms with van der Waals surface area (Å²) in [4.78, 5) is 23.7. The number of fused-ring (bicyclic) bond motifs is 3. The number of carboxylic acids is 1. The average Bonchev–Trinajstić information content (AvgIpc) is 2.77. The summed E-state index contributed by atoms with van der Waals surface area (Å²) in [6, 6.07) is 15.7. The number of hydrogen-bond acceptors (Lipinski definition) is 6. The van der Waals surface area contributed by atoms with Crippen LogP contribution in [0.15, 0.2) is 69.9 Å². The van der Waals surface area contributed by atoms with Gasteiger partial charge in [0.1, 0.15) is 0 Å². The second-order valence-corrected chi connectivity index (χ2v) is 7.12. The van der Waals surface area contributed by atoms with Crippen molar-refractivity contribution in [2.45, 2.75) is 0 Å². The van der Waals surface area contributed by atoms with Gasteiger partial charge in [0.2, 0.25) is 16.9 Å². The standard InChI is InChI=1S/C24H14O7/c25-17-8-6-14-19(12-5-4-11-2-1-3-13(24(29)30)16(11)10-12)15-7-9-18(26)21(28)23(15)31-22(14)20(17)27/h1-10,25,27-28H,(H,29,30). The van der Waals surface area contributed by atoms with Gasteiger partial charge in [-0.15, -0.1) is 0 Å². The third-order valence-corrected chi connectivity index (χ3v) is 5.35. The molecule has 0 bridgehead atoms. The van der Waals surface area contributed by atoms with E-state index in [1.54, 1.807) is 30.3 Å². The molecule has 31 heavy (non-hydrogen) atoms. The Morgan fingerprint density at radius 2 is 1.65 bits per heavy atom. The summed E-state index contributed by atoms with van der Waals surface area (Å²) in [6.45, 7) is 0. The molecule has 152 valence electrons. The molecule has 0 atom stereocenters. The maximum atomic E-state index is 12.0. The van der Waals surface area contributed by atoms with E-state index in [1.165, 1.54) is 30.3 Å². The third kappa shape index (κ3) is 2.67. The number of benzene rings is 4. The summed E-state index contributed by atoms with van der Waals surface area (Å²) in [7, 11) is 0. The maximum absolute atomic E-state index is 12.0. The number of carbonyl (C=O) groups is 1. The topological polar surface area (TPSA) is 128 Å². The molecule has 2 aliphatic rings. The fourth-order valence-electron chi connectivity index (χ4n) is 3.89. The van der Waals surface area contributed by atoms with E-state index < -0.39 is 28.6 Å². The van der Waals surface area contributed by atoms with E-state index in [-0.39, 0.29) is 16.9 Å². The molecule has 1 aliphatic heterocycles. The van der Waals surface area contributed by atoms with Crippen molar-refractivity contribution >= 4 is 27.7 Å². The minimum absolute atomic E-state index is 0.116. The summed E-state index contributed by atoms with van der Waals surface area (Å²) >= 11 is 0. The lowest BCUT2D eigenvalue weighted by Crippen LogP contribution is -2.02. The van der Waals surface area contributed by atoms with Crippen LogP contribution in [0.4, 0.5) is 0 Å². The van der Waals surface area contributed by atoms with E-state index in [0.29, 0.717) is 27.5 Å². The van der Waals surface area contributed by atoms with Gasteiger partial charge in [0, 0.05) is 16.5 Å². The molecule has 0 saturated heterocycles. The van der Waals surface area contributed by atoms with Crippen molar-refractivity contribution < 1.29 is 29.6 Å². The molecule has 7 heteroatoms. The zero-order valence-electron chi connectivity index (χ0n) is 15.8. The second-order valence-electron chi connectivity index (χ2n) is 7.12. The third-order valence-electron chi connectivity index (χ3n) is 5.35. The first-order chi connectivity index (χ1) is 14.9. The van der Waals surface area contributed by atoms with Crippen LogP contribution >= 0.6 is 0 Å². The highest BCUT2D eigenvalue weighted by Crippen LogP contribution is 2.47. The zero-order chi connectivity index (χ0) is 21.9. The molecule has 3 aromatic carbocycles. The van der Waals surface area contributed by atoms with Gasteiger partial charge in [-0.2, -0.15) is 0 Å². The minimum atomic E-state index is -1.07. The van der Waals surface area contributed by atoms with Crippen LogP contribution in [0.5, 0.6) is 17.2 Å². The molecular weight excluding hydrogens is 400 g/mol. The first-order valence-corrected chi connectivity index (χ1v) is 9.26. The predicted octanol–water partition coefficient (Wildman–Crippen LogP) is 4.53. The quantitative estimate of drug-likeness (QED) is 0.247. The van der Waals surface area contributed by atoms with E-state index in [9.17, 15) is 30.0 Å². The Hall–Kier alpha value is -4.52. The first kappa shape index (κ1) is 18.5. The SMILES string of the molecule is O=C(O)c1cccc2ccc(-c3c4ccc(=O)c(O)c-4oc4c(O)c(O)ccc34)cc12. The normalized spacial score (nSPS) is 11.4. The Bertz CT molecular complexity index is 1560. The molecule has 0 unspecified atom stereocenters. The number of aromatic hydroxyl groups is 3. The first-order valence-electron chi connectivity index (χ1n) is 9.26. The van der Waals surface area contributed by atoms with Gasteiger partial charge in [-0.05, 0) is 52.7 Å². The van der Waals surface area contributed by atoms with Crippen LogP contribution in [-0.2, 0) is 0 Å². The smallest absolute Gasteiger partial charge is 0.336 e. The molecule has 0 amide bonds. The predicted molar refractivity (Wildman–Crippen MR) is 114 cm³/mol. The molecule has 0 fully saturated rings. The van der Waals surface area contributed by atoms with Crippen LogP contribution in [0.1, 0.15) is 10.4 Å². The highest BCUT2D eigenvalue weighted by atomic mass is 16.4. The molecule has 1 aliphatic carbocycles. The Labute approximate surface area is 174 Å². The van der Waals surface area contributed by atoms with Crippen LogP contribution in [-0.4, -0.2) is 26.4 Å². The van der Waals surface area contributed by atoms with Gasteiger partial charge in [0.05, 0.1) is 5.56 Å². The Morgan fingerprint density at radius 3 is 2.42 bits per heavy atom. The van der Waals surface area contributed by atoms with Crippen molar-refractivity contribution in [1.29, 1.82) is 0 Å². The molecule has 4 N–H and O–H groups in total. The zero-order valence-corrected chi connectivity index (χ0v) is 15.8. The van der Waals surface area contributed by atoms with Crippen molar-refractivity contribution in [2.24, 2.45) is 0 Å². The summed E-state index contributed by atoms with van der Waals surface area (Å²) in [5, 5.41) is 41.8. The fourth-order valence-corrected chi connectivity index (χ4v) is 3.89. The highest BCUT2D eigenvalue weighted by Gasteiger charge is 2.24. The molecule has 1 heterocycles. The van der Waals surface area contributed by atoms with E-state index in [2.05, 4.69) is 0 Å². The largest absolute Gasteiger partial charge is 0.504 e. The molecule has 0 aromatic heterocycles. The maximum Gasteiger partial charge on any atom is 0.336 e. The highest BCUT2D eigenvalue weighted by molar-refractivity contribution is 6.09. The Morgan fingerprint density at radius 1 is 0.839 bits per heavy atom. The Balaban J connectivity index is 1.97. The van der Waals surface area contributed by atoms with Crippen LogP contribution < -0.4 is 5.43 Å². The molecular formula is C24H14O7. The fraction of sp³-hybridized carbons (Fsp3) is 0. The summed E-state index contributed by atoms with van der Waals surface area (Å²) in [6.07, 6.45) is 0. The van der Waals surface area contributed by atoms with Crippen LogP contribution in [0.3, 0.4) is 0 Å². The number of carboxylic acid groups (broad SMARTS) is 1. The average molecular weight is 414 g/mol. The van der Waals surface area contributed by atoms with E-state index in [4.69, 9.17) is 4.42 Å². The van der Waals surface area contributed by atoms with Crippen LogP contribution in [0, 0.1) is 0 Å². The summed E-state index contributed by atoms with van der Waals surface area (Å²) < 4.78 is 5.63. The van der Waals surface area contributed by atoms with Crippen molar-refractivity contribution in [3.05, 3.63) is 76.5 Å². The lowest BCUT2D eigenvalue weighted by molar-refractivity contribution is 0.0699. The van der Waals surface area contributed by atoms with Gasteiger partial charge in [0.15, 0.2) is 17.1 Å². The molecule has 5 rings (SSSR count). The van der Waals surface area contributed by atoms with Gasteiger partial charge in [-0.25, -0.2) is 4.79 Å². The summed E-state index contributed by atoms with van der Waals surface area (Å²) in [5.74, 6) is -2.82. The molecule has 3 aromatic rings. The van der Waals surface area contributed by atoms with Gasteiger partial charge in [0.25, 0.3) is 0 Å². The Kier molecular flexibility index (Phi) is 3.88. The van der Waals surface area contributed by atoms with Crippen LogP contribution in [0.2, 0.25) is 0 Å².